The molecule has 0 aromatic heterocycles. The van der Waals surface area contributed by atoms with E-state index in [4.69, 9.17) is 9.47 Å². The van der Waals surface area contributed by atoms with Crippen molar-refractivity contribution in [1.29, 1.82) is 0 Å². The first-order valence-corrected chi connectivity index (χ1v) is 5.10. The van der Waals surface area contributed by atoms with Crippen LogP contribution >= 0.6 is 0 Å². The Morgan fingerprint density at radius 1 is 0.944 bits per heavy atom. The number of benzene rings is 2. The van der Waals surface area contributed by atoms with Crippen LogP contribution in [0.2, 0.25) is 0 Å². The first-order valence-electron chi connectivity index (χ1n) is 5.10. The molecule has 0 aliphatic carbocycles. The normalized spacial score (nSPS) is 8.72. The van der Waals surface area contributed by atoms with E-state index in [9.17, 15) is 0 Å². The summed E-state index contributed by atoms with van der Waals surface area (Å²) in [6.45, 7) is 0.563. The molecule has 0 fully saturated rings. The van der Waals surface area contributed by atoms with Crippen molar-refractivity contribution in [3.05, 3.63) is 60.2 Å². The molecule has 0 radical (unpaired) electrons. The fourth-order valence-corrected chi connectivity index (χ4v) is 1.36. The van der Waals surface area contributed by atoms with Gasteiger partial charge in [0.2, 0.25) is 0 Å². The van der Waals surface area contributed by atoms with Gasteiger partial charge in [0.25, 0.3) is 0 Å². The molecular formula is C14H13BrMgO2. The number of hydrogen-bond acceptors (Lipinski definition) is 2. The Bertz CT molecular complexity index is 431. The summed E-state index contributed by atoms with van der Waals surface area (Å²) in [6, 6.07) is 18.3. The van der Waals surface area contributed by atoms with Crippen molar-refractivity contribution in [2.75, 3.05) is 7.11 Å². The van der Waals surface area contributed by atoms with Crippen LogP contribution in [0.15, 0.2) is 48.5 Å². The van der Waals surface area contributed by atoms with E-state index in [2.05, 4.69) is 6.07 Å². The van der Waals surface area contributed by atoms with Gasteiger partial charge in [-0.15, -0.1) is 12.1 Å². The third kappa shape index (κ3) is 5.29. The molecule has 0 aliphatic rings. The summed E-state index contributed by atoms with van der Waals surface area (Å²) in [6.07, 6.45) is 0. The van der Waals surface area contributed by atoms with Crippen LogP contribution in [0.3, 0.4) is 0 Å². The molecule has 0 bridgehead atoms. The first-order chi connectivity index (χ1) is 7.88. The second-order valence-electron chi connectivity index (χ2n) is 3.37. The molecule has 0 aliphatic heterocycles. The van der Waals surface area contributed by atoms with Gasteiger partial charge >= 0.3 is 23.1 Å². The zero-order valence-electron chi connectivity index (χ0n) is 10.2. The standard InChI is InChI=1S/C14H13O2.BrH.Mg/c1-15-13-9-7-12(8-10-13)11-16-14-5-3-2-4-6-14;;/h3-10H,11H2,1H3;1H;/q-1;;+2/p-1. The van der Waals surface area contributed by atoms with Gasteiger partial charge in [0.05, 0.1) is 7.11 Å². The van der Waals surface area contributed by atoms with Gasteiger partial charge < -0.3 is 26.5 Å². The van der Waals surface area contributed by atoms with Gasteiger partial charge in [-0.3, -0.25) is 0 Å². The average Bonchev–Trinajstić information content (AvgIpc) is 2.38. The summed E-state index contributed by atoms with van der Waals surface area (Å²) in [5.41, 5.74) is 1.12. The minimum absolute atomic E-state index is 0. The SMILES string of the molecule is COc1ccc(COc2cc[c-]cc2)cc1.[Br-].[Mg+2]. The molecule has 2 aromatic carbocycles. The van der Waals surface area contributed by atoms with E-state index in [1.54, 1.807) is 7.11 Å². The van der Waals surface area contributed by atoms with Gasteiger partial charge in [-0.05, 0) is 17.7 Å². The van der Waals surface area contributed by atoms with Crippen LogP contribution in [0.1, 0.15) is 5.56 Å². The first kappa shape index (κ1) is 17.3. The quantitative estimate of drug-likeness (QED) is 0.569. The van der Waals surface area contributed by atoms with Crippen molar-refractivity contribution >= 4 is 23.1 Å². The molecule has 0 saturated carbocycles. The molecule has 2 aromatic rings. The van der Waals surface area contributed by atoms with E-state index in [0.29, 0.717) is 6.61 Å². The van der Waals surface area contributed by atoms with Crippen molar-refractivity contribution < 1.29 is 26.5 Å². The molecule has 0 N–H and O–H groups in total. The number of rotatable bonds is 4. The van der Waals surface area contributed by atoms with Crippen LogP contribution in [0.4, 0.5) is 0 Å². The maximum atomic E-state index is 5.60. The van der Waals surface area contributed by atoms with Crippen molar-refractivity contribution in [2.45, 2.75) is 6.61 Å². The van der Waals surface area contributed by atoms with Gasteiger partial charge in [0.15, 0.2) is 0 Å². The fraction of sp³-hybridized carbons (Fsp3) is 0.143. The Morgan fingerprint density at radius 3 is 2.11 bits per heavy atom. The van der Waals surface area contributed by atoms with Crippen LogP contribution < -0.4 is 26.5 Å². The molecule has 0 atom stereocenters. The zero-order valence-corrected chi connectivity index (χ0v) is 13.2. The molecule has 0 heterocycles. The van der Waals surface area contributed by atoms with Gasteiger partial charge in [0, 0.05) is 5.75 Å². The Labute approximate surface area is 134 Å². The molecule has 18 heavy (non-hydrogen) atoms. The largest absolute Gasteiger partial charge is 2.00 e. The summed E-state index contributed by atoms with van der Waals surface area (Å²) in [5.74, 6) is 1.72. The third-order valence-corrected chi connectivity index (χ3v) is 2.25. The molecule has 4 heteroatoms. The smallest absolute Gasteiger partial charge is 1.00 e. The molecule has 2 nitrogen and oxygen atoms in total. The van der Waals surface area contributed by atoms with Crippen LogP contribution in [0.25, 0.3) is 0 Å². The van der Waals surface area contributed by atoms with Gasteiger partial charge in [-0.1, -0.05) is 12.1 Å². The molecule has 0 unspecified atom stereocenters. The minimum Gasteiger partial charge on any atom is -1.00 e. The Balaban J connectivity index is 0.00000144. The maximum absolute atomic E-state index is 5.60. The Hall–Kier alpha value is -0.714. The van der Waals surface area contributed by atoms with Crippen molar-refractivity contribution in [3.63, 3.8) is 0 Å². The van der Waals surface area contributed by atoms with E-state index >= 15 is 0 Å². The fourth-order valence-electron chi connectivity index (χ4n) is 1.36. The molecule has 0 amide bonds. The number of ether oxygens (including phenoxy) is 2. The molecule has 0 spiro atoms. The summed E-state index contributed by atoms with van der Waals surface area (Å²) in [5, 5.41) is 0. The van der Waals surface area contributed by atoms with Gasteiger partial charge in [0.1, 0.15) is 12.4 Å². The minimum atomic E-state index is 0. The van der Waals surface area contributed by atoms with Gasteiger partial charge in [-0.25, -0.2) is 0 Å². The van der Waals surface area contributed by atoms with Crippen LogP contribution in [-0.4, -0.2) is 30.2 Å². The van der Waals surface area contributed by atoms with Crippen LogP contribution in [0, 0.1) is 6.07 Å². The second-order valence-corrected chi connectivity index (χ2v) is 3.37. The third-order valence-electron chi connectivity index (χ3n) is 2.25. The van der Waals surface area contributed by atoms with Crippen molar-refractivity contribution in [1.82, 2.24) is 0 Å². The Kier molecular flexibility index (Phi) is 8.88. The Morgan fingerprint density at radius 2 is 1.56 bits per heavy atom. The zero-order chi connectivity index (χ0) is 11.2. The van der Waals surface area contributed by atoms with E-state index in [-0.39, 0.29) is 40.0 Å². The van der Waals surface area contributed by atoms with Gasteiger partial charge in [-0.2, -0.15) is 18.2 Å². The average molecular weight is 317 g/mol. The van der Waals surface area contributed by atoms with Crippen molar-refractivity contribution in [3.8, 4) is 11.5 Å². The maximum Gasteiger partial charge on any atom is 2.00 e. The molecule has 90 valence electrons. The predicted molar refractivity (Wildman–Crippen MR) is 68.4 cm³/mol. The van der Waals surface area contributed by atoms with E-state index in [1.807, 2.05) is 48.5 Å². The van der Waals surface area contributed by atoms with Crippen LogP contribution in [0.5, 0.6) is 11.5 Å². The van der Waals surface area contributed by atoms with E-state index < -0.39 is 0 Å². The number of hydrogen-bond donors (Lipinski definition) is 0. The molecular weight excluding hydrogens is 304 g/mol. The van der Waals surface area contributed by atoms with Crippen molar-refractivity contribution in [2.24, 2.45) is 0 Å². The van der Waals surface area contributed by atoms with E-state index in [0.717, 1.165) is 17.1 Å². The number of methoxy groups -OCH3 is 1. The molecule has 0 saturated heterocycles. The summed E-state index contributed by atoms with van der Waals surface area (Å²) < 4.78 is 10.7. The van der Waals surface area contributed by atoms with E-state index in [1.165, 1.54) is 0 Å². The molecule has 2 rings (SSSR count). The topological polar surface area (TPSA) is 18.5 Å². The predicted octanol–water partition coefficient (Wildman–Crippen LogP) is -0.302. The second kappa shape index (κ2) is 9.25. The summed E-state index contributed by atoms with van der Waals surface area (Å²) >= 11 is 0. The summed E-state index contributed by atoms with van der Waals surface area (Å²) in [7, 11) is 1.66. The monoisotopic (exact) mass is 316 g/mol. The van der Waals surface area contributed by atoms with Crippen LogP contribution in [-0.2, 0) is 6.61 Å². The summed E-state index contributed by atoms with van der Waals surface area (Å²) in [4.78, 5) is 0. The number of halogens is 1.